The van der Waals surface area contributed by atoms with E-state index < -0.39 is 0 Å². The fourth-order valence-corrected chi connectivity index (χ4v) is 4.28. The van der Waals surface area contributed by atoms with Crippen LogP contribution in [0.4, 0.5) is 5.69 Å². The molecule has 5 nitrogen and oxygen atoms in total. The Hall–Kier alpha value is -1.23. The molecule has 6 heteroatoms. The van der Waals surface area contributed by atoms with Crippen LogP contribution in [0.5, 0.6) is 0 Å². The number of carbonyl (C=O) groups is 1. The van der Waals surface area contributed by atoms with Gasteiger partial charge in [-0.1, -0.05) is 0 Å². The third-order valence-corrected chi connectivity index (χ3v) is 5.36. The predicted molar refractivity (Wildman–Crippen MR) is 84.6 cm³/mol. The molecular weight excluding hydrogens is 331 g/mol. The maximum absolute atomic E-state index is 12.9. The van der Waals surface area contributed by atoms with Gasteiger partial charge in [0, 0.05) is 0 Å². The molecule has 2 N–H and O–H groups in total. The number of amides is 1. The van der Waals surface area contributed by atoms with Gasteiger partial charge in [-0.25, -0.2) is 0 Å². The molecule has 1 saturated heterocycles. The van der Waals surface area contributed by atoms with Crippen LogP contribution < -0.4 is 10.6 Å². The van der Waals surface area contributed by atoms with E-state index in [-0.39, 0.29) is 26.3 Å². The summed E-state index contributed by atoms with van der Waals surface area (Å²) in [7, 11) is 0. The predicted octanol–water partition coefficient (Wildman–Crippen LogP) is 1.80. The molecule has 1 atom stereocenters. The van der Waals surface area contributed by atoms with Crippen molar-refractivity contribution in [1.82, 2.24) is 13.3 Å². The van der Waals surface area contributed by atoms with Crippen molar-refractivity contribution in [3.8, 4) is 0 Å². The van der Waals surface area contributed by atoms with Crippen LogP contribution in [0.25, 0.3) is 11.0 Å². The van der Waals surface area contributed by atoms with Crippen molar-refractivity contribution in [2.75, 3.05) is 18.4 Å². The summed E-state index contributed by atoms with van der Waals surface area (Å²) in [5, 5.41) is 6.49. The minimum absolute atomic E-state index is 0.0728. The minimum atomic E-state index is -0.281. The molecule has 1 unspecified atom stereocenters. The van der Waals surface area contributed by atoms with E-state index in [4.69, 9.17) is 0 Å². The Morgan fingerprint density at radius 1 is 1.48 bits per heavy atom. The number of hydrogen-bond donors (Lipinski definition) is 2. The first-order valence-corrected chi connectivity index (χ1v) is 9.02. The SMILES string of the molecule is CCCC1(C(=O)Nc2cccc3n[se]nc23)CCCNC1. The number of fused-ring (bicyclic) bond motifs is 1. The Kier molecular flexibility index (Phi) is 4.38. The average molecular weight is 351 g/mol. The van der Waals surface area contributed by atoms with Gasteiger partial charge < -0.3 is 0 Å². The Morgan fingerprint density at radius 3 is 3.14 bits per heavy atom. The summed E-state index contributed by atoms with van der Waals surface area (Å²) in [5.41, 5.74) is 2.28. The monoisotopic (exact) mass is 352 g/mol. The summed E-state index contributed by atoms with van der Waals surface area (Å²) in [5.74, 6) is 0.125. The second-order valence-electron chi connectivity index (χ2n) is 5.70. The molecule has 1 aromatic heterocycles. The van der Waals surface area contributed by atoms with Gasteiger partial charge in [-0.2, -0.15) is 0 Å². The average Bonchev–Trinajstić information content (AvgIpc) is 2.98. The molecule has 1 aromatic carbocycles. The molecule has 1 amide bonds. The molecule has 3 rings (SSSR count). The molecule has 0 aliphatic carbocycles. The quantitative estimate of drug-likeness (QED) is 0.825. The summed E-state index contributed by atoms with van der Waals surface area (Å²) in [6.07, 6.45) is 3.96. The number of carbonyl (C=O) groups excluding carboxylic acids is 1. The molecule has 21 heavy (non-hydrogen) atoms. The Labute approximate surface area is 130 Å². The summed E-state index contributed by atoms with van der Waals surface area (Å²) >= 11 is -0.0728. The molecule has 1 aliphatic rings. The number of piperidine rings is 1. The van der Waals surface area contributed by atoms with Crippen molar-refractivity contribution < 1.29 is 4.79 Å². The summed E-state index contributed by atoms with van der Waals surface area (Å²) in [6.45, 7) is 3.92. The van der Waals surface area contributed by atoms with Crippen LogP contribution in [0.3, 0.4) is 0 Å². The second kappa shape index (κ2) is 6.26. The van der Waals surface area contributed by atoms with E-state index in [1.54, 1.807) is 0 Å². The van der Waals surface area contributed by atoms with Gasteiger partial charge in [0.1, 0.15) is 0 Å². The van der Waals surface area contributed by atoms with Crippen LogP contribution in [0.15, 0.2) is 18.2 Å². The van der Waals surface area contributed by atoms with Crippen molar-refractivity contribution >= 4 is 37.6 Å². The molecule has 0 saturated carbocycles. The number of nitrogens with one attached hydrogen (secondary N) is 2. The Balaban J connectivity index is 1.85. The van der Waals surface area contributed by atoms with E-state index >= 15 is 0 Å². The van der Waals surface area contributed by atoms with Gasteiger partial charge in [0.15, 0.2) is 0 Å². The van der Waals surface area contributed by atoms with Gasteiger partial charge in [-0.3, -0.25) is 0 Å². The van der Waals surface area contributed by atoms with Crippen molar-refractivity contribution in [1.29, 1.82) is 0 Å². The van der Waals surface area contributed by atoms with Gasteiger partial charge in [-0.05, 0) is 0 Å². The van der Waals surface area contributed by atoms with E-state index in [0.717, 1.165) is 55.5 Å². The van der Waals surface area contributed by atoms with Crippen LogP contribution in [0.2, 0.25) is 0 Å². The molecule has 0 bridgehead atoms. The first-order chi connectivity index (χ1) is 10.2. The number of aromatic nitrogens is 2. The van der Waals surface area contributed by atoms with Crippen molar-refractivity contribution in [3.63, 3.8) is 0 Å². The molecule has 2 heterocycles. The van der Waals surface area contributed by atoms with Gasteiger partial charge in [0.2, 0.25) is 0 Å². The van der Waals surface area contributed by atoms with Crippen molar-refractivity contribution in [2.24, 2.45) is 5.41 Å². The van der Waals surface area contributed by atoms with Crippen molar-refractivity contribution in [3.05, 3.63) is 18.2 Å². The molecule has 1 fully saturated rings. The zero-order valence-corrected chi connectivity index (χ0v) is 13.9. The molecule has 2 aromatic rings. The van der Waals surface area contributed by atoms with Gasteiger partial charge in [0.05, 0.1) is 0 Å². The van der Waals surface area contributed by atoms with Crippen LogP contribution in [-0.2, 0) is 4.79 Å². The number of anilines is 1. The molecule has 0 spiro atoms. The Bertz CT molecular complexity index is 628. The summed E-state index contributed by atoms with van der Waals surface area (Å²) < 4.78 is 8.80. The van der Waals surface area contributed by atoms with Crippen molar-refractivity contribution in [2.45, 2.75) is 32.6 Å². The van der Waals surface area contributed by atoms with Crippen LogP contribution in [0, 0.1) is 5.41 Å². The first-order valence-electron chi connectivity index (χ1n) is 7.49. The molecule has 0 radical (unpaired) electrons. The topological polar surface area (TPSA) is 66.9 Å². The van der Waals surface area contributed by atoms with Gasteiger partial charge in [0.25, 0.3) is 0 Å². The summed E-state index contributed by atoms with van der Waals surface area (Å²) in [6, 6.07) is 5.81. The second-order valence-corrected chi connectivity index (χ2v) is 6.81. The van der Waals surface area contributed by atoms with Crippen LogP contribution in [-0.4, -0.2) is 41.9 Å². The van der Waals surface area contributed by atoms with E-state index in [1.807, 2.05) is 18.2 Å². The third-order valence-electron chi connectivity index (χ3n) is 4.22. The number of hydrogen-bond acceptors (Lipinski definition) is 4. The normalized spacial score (nSPS) is 22.3. The first kappa shape index (κ1) is 14.7. The molecule has 112 valence electrons. The van der Waals surface area contributed by atoms with E-state index in [2.05, 4.69) is 25.5 Å². The number of rotatable bonds is 4. The standard InChI is InChI=1S/C15H20N4OSe/c1-2-7-15(8-4-9-16-10-15)14(20)17-11-5-3-6-12-13(11)19-21-18-12/h3,5-6,16H,2,4,7-10H2,1H3,(H,17,20). The molecular formula is C15H20N4OSe. The van der Waals surface area contributed by atoms with E-state index in [1.165, 1.54) is 0 Å². The fourth-order valence-electron chi connectivity index (χ4n) is 3.13. The zero-order valence-electron chi connectivity index (χ0n) is 12.2. The Morgan fingerprint density at radius 2 is 2.38 bits per heavy atom. The zero-order chi connectivity index (χ0) is 14.7. The fraction of sp³-hybridized carbons (Fsp3) is 0.533. The third kappa shape index (κ3) is 2.89. The van der Waals surface area contributed by atoms with E-state index in [9.17, 15) is 4.79 Å². The number of benzene rings is 1. The molecule has 1 aliphatic heterocycles. The maximum atomic E-state index is 12.9. The van der Waals surface area contributed by atoms with E-state index in [0.29, 0.717) is 0 Å². The van der Waals surface area contributed by atoms with Gasteiger partial charge in [-0.15, -0.1) is 0 Å². The van der Waals surface area contributed by atoms with Gasteiger partial charge >= 0.3 is 130 Å². The van der Waals surface area contributed by atoms with Crippen LogP contribution >= 0.6 is 0 Å². The van der Waals surface area contributed by atoms with Crippen LogP contribution in [0.1, 0.15) is 32.6 Å². The number of nitrogens with zero attached hydrogens (tertiary/aromatic N) is 2. The summed E-state index contributed by atoms with van der Waals surface area (Å²) in [4.78, 5) is 12.9.